The average Bonchev–Trinajstić information content (AvgIpc) is 3.52. The summed E-state index contributed by atoms with van der Waals surface area (Å²) in [6.45, 7) is 13.5. The van der Waals surface area contributed by atoms with Gasteiger partial charge in [0, 0.05) is 73.7 Å². The van der Waals surface area contributed by atoms with Gasteiger partial charge in [0.05, 0.1) is 56.9 Å². The molecule has 8 nitrogen and oxygen atoms in total. The number of anilines is 7. The van der Waals surface area contributed by atoms with Crippen LogP contribution < -0.4 is 15.5 Å². The van der Waals surface area contributed by atoms with Crippen LogP contribution in [-0.4, -0.2) is 24.9 Å². The summed E-state index contributed by atoms with van der Waals surface area (Å²) in [5.41, 5.74) is 27.9. The third-order valence-electron chi connectivity index (χ3n) is 15.3. The summed E-state index contributed by atoms with van der Waals surface area (Å²) in [6.07, 6.45) is 6.99. The topological polar surface area (TPSA) is 97.0 Å². The molecule has 0 bridgehead atoms. The maximum absolute atomic E-state index is 5.25. The van der Waals surface area contributed by atoms with E-state index in [9.17, 15) is 0 Å². The van der Waals surface area contributed by atoms with Crippen LogP contribution >= 0.6 is 31.9 Å². The Morgan fingerprint density at radius 3 is 1.09 bits per heavy atom. The van der Waals surface area contributed by atoms with Gasteiger partial charge in [-0.15, -0.1) is 0 Å². The predicted molar refractivity (Wildman–Crippen MR) is 341 cm³/mol. The van der Waals surface area contributed by atoms with Crippen molar-refractivity contribution in [3.63, 3.8) is 0 Å². The number of aromatic nitrogens is 5. The van der Waals surface area contributed by atoms with E-state index in [0.717, 1.165) is 78.5 Å². The van der Waals surface area contributed by atoms with Crippen LogP contribution in [0.1, 0.15) is 83.9 Å². The first-order valence-electron chi connectivity index (χ1n) is 27.2. The number of halogens is 2. The third kappa shape index (κ3) is 11.4. The normalized spacial score (nSPS) is 13.2. The Bertz CT molecular complexity index is 3860. The Labute approximate surface area is 492 Å². The molecule has 0 unspecified atom stereocenters. The SMILES string of the molecule is Cc1nc(-c2ccccc2)ccc1N1c2ccc(Br)cc2C(C)(C)c2cc(Br)ccc21.Cc1nc(-c2ccccc2)ccc1N1c2ccc(Cc3ccccn3)cc2C(C)(C)c2cc(Cc3ccccn3)ccc21.Nc1ccccn1. The Kier molecular flexibility index (Phi) is 15.6. The fourth-order valence-electron chi connectivity index (χ4n) is 11.2. The fourth-order valence-corrected chi connectivity index (χ4v) is 11.9. The zero-order chi connectivity index (χ0) is 56.3. The molecular weight excluding hydrogens is 1120 g/mol. The monoisotopic (exact) mass is 1180 g/mol. The molecule has 7 heterocycles. The van der Waals surface area contributed by atoms with Crippen molar-refractivity contribution >= 4 is 71.8 Å². The number of rotatable bonds is 8. The number of nitrogen functional groups attached to an aromatic ring is 1. The predicted octanol–water partition coefficient (Wildman–Crippen LogP) is 18.5. The summed E-state index contributed by atoms with van der Waals surface area (Å²) in [6, 6.07) is 74.0. The molecule has 0 amide bonds. The first-order valence-corrected chi connectivity index (χ1v) is 28.8. The van der Waals surface area contributed by atoms with Crippen LogP contribution in [0, 0.1) is 13.8 Å². The minimum absolute atomic E-state index is 0.125. The van der Waals surface area contributed by atoms with Crippen molar-refractivity contribution < 1.29 is 0 Å². The van der Waals surface area contributed by atoms with Crippen LogP contribution in [-0.2, 0) is 23.7 Å². The number of aryl methyl sites for hydroxylation is 2. The Morgan fingerprint density at radius 1 is 0.383 bits per heavy atom. The van der Waals surface area contributed by atoms with E-state index in [2.05, 4.69) is 268 Å². The molecule has 13 rings (SSSR count). The van der Waals surface area contributed by atoms with Crippen LogP contribution in [0.15, 0.2) is 240 Å². The number of hydrogen-bond donors (Lipinski definition) is 1. The number of fused-ring (bicyclic) bond motifs is 4. The summed E-state index contributed by atoms with van der Waals surface area (Å²) in [5.74, 6) is 0.572. The summed E-state index contributed by atoms with van der Waals surface area (Å²) >= 11 is 7.36. The van der Waals surface area contributed by atoms with E-state index < -0.39 is 0 Å². The molecule has 2 N–H and O–H groups in total. The molecule has 2 aliphatic rings. The first kappa shape index (κ1) is 54.4. The molecule has 6 aromatic carbocycles. The van der Waals surface area contributed by atoms with Crippen LogP contribution in [0.5, 0.6) is 0 Å². The van der Waals surface area contributed by atoms with E-state index in [1.807, 2.05) is 48.8 Å². The van der Waals surface area contributed by atoms with E-state index in [4.69, 9.17) is 15.7 Å². The van der Waals surface area contributed by atoms with Crippen molar-refractivity contribution in [3.8, 4) is 22.5 Å². The van der Waals surface area contributed by atoms with E-state index in [0.29, 0.717) is 5.82 Å². The van der Waals surface area contributed by atoms with Gasteiger partial charge in [0.2, 0.25) is 0 Å². The lowest BCUT2D eigenvalue weighted by Gasteiger charge is -2.43. The number of nitrogens with zero attached hydrogens (tertiary/aromatic N) is 7. The second-order valence-electron chi connectivity index (χ2n) is 21.5. The summed E-state index contributed by atoms with van der Waals surface area (Å²) in [4.78, 5) is 27.8. The molecule has 0 saturated heterocycles. The molecule has 0 saturated carbocycles. The van der Waals surface area contributed by atoms with Gasteiger partial charge in [0.25, 0.3) is 0 Å². The number of nitrogens with two attached hydrogens (primary N) is 1. The molecule has 11 aromatic rings. The average molecular weight is 1190 g/mol. The van der Waals surface area contributed by atoms with Crippen LogP contribution in [0.25, 0.3) is 22.5 Å². The molecule has 2 aliphatic heterocycles. The van der Waals surface area contributed by atoms with Gasteiger partial charge in [0.1, 0.15) is 5.82 Å². The van der Waals surface area contributed by atoms with Crippen molar-refractivity contribution in [1.29, 1.82) is 0 Å². The first-order chi connectivity index (χ1) is 39.2. The zero-order valence-electron chi connectivity index (χ0n) is 46.3. The quantitative estimate of drug-likeness (QED) is 0.161. The minimum Gasteiger partial charge on any atom is -0.384 e. The largest absolute Gasteiger partial charge is 0.384 e. The second kappa shape index (κ2) is 23.3. The van der Waals surface area contributed by atoms with Gasteiger partial charge >= 0.3 is 0 Å². The molecule has 10 heteroatoms. The maximum Gasteiger partial charge on any atom is 0.123 e. The fraction of sp³-hybridized carbons (Fsp3) is 0.141. The van der Waals surface area contributed by atoms with Crippen molar-refractivity contribution in [2.45, 2.75) is 65.2 Å². The van der Waals surface area contributed by atoms with Crippen LogP contribution in [0.4, 0.5) is 39.9 Å². The maximum atomic E-state index is 5.25. The lowest BCUT2D eigenvalue weighted by atomic mass is 9.72. The lowest BCUT2D eigenvalue weighted by molar-refractivity contribution is 0.629. The molecule has 0 atom stereocenters. The molecule has 0 fully saturated rings. The van der Waals surface area contributed by atoms with Gasteiger partial charge in [0.15, 0.2) is 0 Å². The van der Waals surface area contributed by atoms with Gasteiger partial charge in [-0.2, -0.15) is 0 Å². The molecule has 0 spiro atoms. The highest BCUT2D eigenvalue weighted by atomic mass is 79.9. The molecular formula is C71H62Br2N8. The Balaban J connectivity index is 0.000000158. The van der Waals surface area contributed by atoms with Crippen molar-refractivity contribution in [3.05, 3.63) is 296 Å². The third-order valence-corrected chi connectivity index (χ3v) is 16.3. The van der Waals surface area contributed by atoms with E-state index in [1.165, 1.54) is 56.1 Å². The smallest absolute Gasteiger partial charge is 0.123 e. The standard InChI is InChI=1S/C39H34N4.C27H22Br2N2.C5H6N2/c1-27-36(20-17-35(42-27)30-11-5-4-6-12-30)43-37-18-15-28(23-31-13-7-9-21-40-31)25-33(37)39(2,3)34-26-29(16-19-38(34)43)24-32-14-8-10-22-41-32;1-17-24(14-11-23(30-17)18-7-5-4-6-8-18)31-25-12-9-19(28)15-21(25)27(2,3)22-16-20(29)10-13-26(22)31;6-5-3-1-2-4-7-5/h4-22,25-26H,23-24H2,1-3H3;4-16H,1-3H3;1-4H,(H2,6,7). The highest BCUT2D eigenvalue weighted by molar-refractivity contribution is 9.10. The van der Waals surface area contributed by atoms with Crippen LogP contribution in [0.2, 0.25) is 0 Å². The molecule has 81 heavy (non-hydrogen) atoms. The number of benzene rings is 6. The second-order valence-corrected chi connectivity index (χ2v) is 23.4. The zero-order valence-corrected chi connectivity index (χ0v) is 49.5. The van der Waals surface area contributed by atoms with Gasteiger partial charge < -0.3 is 15.5 Å². The van der Waals surface area contributed by atoms with Gasteiger partial charge in [-0.1, -0.05) is 163 Å². The summed E-state index contributed by atoms with van der Waals surface area (Å²) < 4.78 is 2.18. The Hall–Kier alpha value is -8.57. The van der Waals surface area contributed by atoms with E-state index >= 15 is 0 Å². The van der Waals surface area contributed by atoms with Crippen LogP contribution in [0.3, 0.4) is 0 Å². The van der Waals surface area contributed by atoms with Gasteiger partial charge in [-0.05, 0) is 156 Å². The highest BCUT2D eigenvalue weighted by Crippen LogP contribution is 2.55. The van der Waals surface area contributed by atoms with Gasteiger partial charge in [-0.25, -0.2) is 4.98 Å². The Morgan fingerprint density at radius 2 is 0.741 bits per heavy atom. The van der Waals surface area contributed by atoms with Crippen molar-refractivity contribution in [2.75, 3.05) is 15.5 Å². The number of pyridine rings is 5. The van der Waals surface area contributed by atoms with Crippen molar-refractivity contribution in [2.24, 2.45) is 0 Å². The molecule has 0 aliphatic carbocycles. The molecule has 400 valence electrons. The number of hydrogen-bond acceptors (Lipinski definition) is 8. The van der Waals surface area contributed by atoms with Gasteiger partial charge in [-0.3, -0.25) is 19.9 Å². The van der Waals surface area contributed by atoms with E-state index in [-0.39, 0.29) is 10.8 Å². The highest BCUT2D eigenvalue weighted by Gasteiger charge is 2.39. The molecule has 0 radical (unpaired) electrons. The lowest BCUT2D eigenvalue weighted by Crippen LogP contribution is -2.31. The molecule has 5 aromatic heterocycles. The van der Waals surface area contributed by atoms with E-state index in [1.54, 1.807) is 12.3 Å². The summed E-state index contributed by atoms with van der Waals surface area (Å²) in [7, 11) is 0. The van der Waals surface area contributed by atoms with Crippen molar-refractivity contribution in [1.82, 2.24) is 24.9 Å². The summed E-state index contributed by atoms with van der Waals surface area (Å²) in [5, 5.41) is 0. The minimum atomic E-state index is -0.216.